The average molecular weight is 566 g/mol. The van der Waals surface area contributed by atoms with Crippen LogP contribution in [0.2, 0.25) is 0 Å². The molecule has 2 aliphatic rings. The van der Waals surface area contributed by atoms with Crippen LogP contribution in [-0.4, -0.2) is 74.4 Å². The van der Waals surface area contributed by atoms with Crippen LogP contribution in [0.5, 0.6) is 0 Å². The molecule has 0 spiro atoms. The smallest absolute Gasteiger partial charge is 0.370 e. The van der Waals surface area contributed by atoms with Gasteiger partial charge in [0.05, 0.1) is 25.3 Å². The van der Waals surface area contributed by atoms with Gasteiger partial charge in [0, 0.05) is 32.7 Å². The molecule has 0 aliphatic carbocycles. The molecule has 0 bridgehead atoms. The van der Waals surface area contributed by atoms with Crippen LogP contribution >= 0.6 is 24.0 Å². The summed E-state index contributed by atoms with van der Waals surface area (Å²) in [6.07, 6.45) is -8.69. The lowest BCUT2D eigenvalue weighted by Gasteiger charge is -2.36. The maximum absolute atomic E-state index is 13.0. The van der Waals surface area contributed by atoms with Crippen molar-refractivity contribution in [2.75, 3.05) is 46.4 Å². The summed E-state index contributed by atoms with van der Waals surface area (Å²) in [5, 5.41) is 3.19. The van der Waals surface area contributed by atoms with Crippen molar-refractivity contribution in [2.45, 2.75) is 30.9 Å². The molecule has 2 atom stereocenters. The molecule has 31 heavy (non-hydrogen) atoms. The van der Waals surface area contributed by atoms with E-state index >= 15 is 0 Å². The van der Waals surface area contributed by atoms with Crippen LogP contribution in [0.1, 0.15) is 23.7 Å². The van der Waals surface area contributed by atoms with E-state index in [1.165, 1.54) is 11.0 Å². The highest BCUT2D eigenvalue weighted by Crippen LogP contribution is 2.32. The Morgan fingerprint density at radius 1 is 1.16 bits per heavy atom. The van der Waals surface area contributed by atoms with Crippen LogP contribution in [0.3, 0.4) is 0 Å². The van der Waals surface area contributed by atoms with Crippen molar-refractivity contribution < 1.29 is 31.1 Å². The number of guanidine groups is 1. The standard InChI is InChI=1S/C19H24F6N4O.HI/c1-26-17(27-15-5-6-28(10-15)12-18(20,21)22)29-7-8-30-16(11-29)13-3-2-4-14(9-13)19(23,24)25;/h2-4,9,15-16H,5-8,10-12H2,1H3,(H,26,27);1H. The van der Waals surface area contributed by atoms with E-state index in [1.54, 1.807) is 13.1 Å². The number of halogens is 7. The van der Waals surface area contributed by atoms with E-state index in [9.17, 15) is 26.3 Å². The highest BCUT2D eigenvalue weighted by molar-refractivity contribution is 14.0. The van der Waals surface area contributed by atoms with Crippen LogP contribution in [-0.2, 0) is 10.9 Å². The Balaban J connectivity index is 0.00000341. The van der Waals surface area contributed by atoms with Crippen LogP contribution in [0.4, 0.5) is 26.3 Å². The second-order valence-corrected chi connectivity index (χ2v) is 7.46. The van der Waals surface area contributed by atoms with Gasteiger partial charge in [-0.1, -0.05) is 12.1 Å². The van der Waals surface area contributed by atoms with Gasteiger partial charge < -0.3 is 15.0 Å². The third-order valence-corrected chi connectivity index (χ3v) is 5.17. The van der Waals surface area contributed by atoms with Crippen molar-refractivity contribution >= 4 is 29.9 Å². The fraction of sp³-hybridized carbons (Fsp3) is 0.632. The number of nitrogens with zero attached hydrogens (tertiary/aromatic N) is 3. The molecule has 176 valence electrons. The van der Waals surface area contributed by atoms with Crippen molar-refractivity contribution in [3.8, 4) is 0 Å². The molecular formula is C19H25F6IN4O. The molecule has 2 aliphatic heterocycles. The van der Waals surface area contributed by atoms with E-state index in [0.717, 1.165) is 12.1 Å². The molecule has 0 radical (unpaired) electrons. The zero-order chi connectivity index (χ0) is 21.9. The largest absolute Gasteiger partial charge is 0.416 e. The lowest BCUT2D eigenvalue weighted by Crippen LogP contribution is -2.51. The van der Waals surface area contributed by atoms with Gasteiger partial charge in [-0.05, 0) is 24.1 Å². The lowest BCUT2D eigenvalue weighted by atomic mass is 10.0. The molecule has 0 saturated carbocycles. The number of ether oxygens (including phenoxy) is 1. The first kappa shape index (κ1) is 26.0. The SMILES string of the molecule is CN=C(NC1CCN(CC(F)(F)F)C1)N1CCOC(c2cccc(C(F)(F)F)c2)C1.I. The topological polar surface area (TPSA) is 40.1 Å². The summed E-state index contributed by atoms with van der Waals surface area (Å²) in [7, 11) is 1.57. The Morgan fingerprint density at radius 2 is 1.90 bits per heavy atom. The average Bonchev–Trinajstić information content (AvgIpc) is 3.10. The van der Waals surface area contributed by atoms with Gasteiger partial charge in [-0.25, -0.2) is 0 Å². The van der Waals surface area contributed by atoms with Gasteiger partial charge in [-0.3, -0.25) is 9.89 Å². The number of benzene rings is 1. The summed E-state index contributed by atoms with van der Waals surface area (Å²) in [5.41, 5.74) is -0.318. The minimum Gasteiger partial charge on any atom is -0.370 e. The van der Waals surface area contributed by atoms with Gasteiger partial charge in [0.15, 0.2) is 5.96 Å². The Morgan fingerprint density at radius 3 is 2.55 bits per heavy atom. The first-order chi connectivity index (χ1) is 14.0. The van der Waals surface area contributed by atoms with Crippen LogP contribution in [0.25, 0.3) is 0 Å². The molecule has 2 fully saturated rings. The van der Waals surface area contributed by atoms with E-state index in [0.29, 0.717) is 44.2 Å². The van der Waals surface area contributed by atoms with Gasteiger partial charge in [0.25, 0.3) is 0 Å². The van der Waals surface area contributed by atoms with Crippen molar-refractivity contribution in [1.29, 1.82) is 0 Å². The van der Waals surface area contributed by atoms with Gasteiger partial charge in [-0.2, -0.15) is 26.3 Å². The van der Waals surface area contributed by atoms with Crippen molar-refractivity contribution in [3.63, 3.8) is 0 Å². The van der Waals surface area contributed by atoms with Gasteiger partial charge in [0.1, 0.15) is 6.10 Å². The fourth-order valence-corrected chi connectivity index (χ4v) is 3.79. The number of hydrogen-bond donors (Lipinski definition) is 1. The lowest BCUT2D eigenvalue weighted by molar-refractivity contribution is -0.143. The Labute approximate surface area is 193 Å². The number of nitrogens with one attached hydrogen (secondary N) is 1. The molecule has 1 N–H and O–H groups in total. The summed E-state index contributed by atoms with van der Waals surface area (Å²) >= 11 is 0. The number of morpholine rings is 1. The highest BCUT2D eigenvalue weighted by atomic mass is 127. The summed E-state index contributed by atoms with van der Waals surface area (Å²) in [6, 6.07) is 4.85. The molecule has 0 aromatic heterocycles. The quantitative estimate of drug-likeness (QED) is 0.261. The van der Waals surface area contributed by atoms with Gasteiger partial charge >= 0.3 is 12.4 Å². The second kappa shape index (κ2) is 10.6. The van der Waals surface area contributed by atoms with Crippen LogP contribution < -0.4 is 5.32 Å². The van der Waals surface area contributed by atoms with Crippen molar-refractivity contribution in [1.82, 2.24) is 15.1 Å². The number of alkyl halides is 6. The molecule has 5 nitrogen and oxygen atoms in total. The van der Waals surface area contributed by atoms with Gasteiger partial charge in [0.2, 0.25) is 0 Å². The maximum atomic E-state index is 13.0. The molecule has 2 heterocycles. The van der Waals surface area contributed by atoms with Gasteiger partial charge in [-0.15, -0.1) is 24.0 Å². The molecular weight excluding hydrogens is 541 g/mol. The normalized spacial score (nSPS) is 23.6. The van der Waals surface area contributed by atoms with Crippen LogP contribution in [0, 0.1) is 0 Å². The number of aliphatic imine (C=N–C) groups is 1. The van der Waals surface area contributed by atoms with Crippen LogP contribution in [0.15, 0.2) is 29.3 Å². The molecule has 12 heteroatoms. The molecule has 2 saturated heterocycles. The first-order valence-corrected chi connectivity index (χ1v) is 9.61. The number of rotatable bonds is 3. The third kappa shape index (κ3) is 7.38. The summed E-state index contributed by atoms with van der Waals surface area (Å²) in [6.45, 7) is 0.712. The minimum atomic E-state index is -4.44. The molecule has 1 aromatic rings. The third-order valence-electron chi connectivity index (χ3n) is 5.17. The zero-order valence-corrected chi connectivity index (χ0v) is 19.2. The molecule has 1 aromatic carbocycles. The Bertz CT molecular complexity index is 758. The van der Waals surface area contributed by atoms with E-state index in [-0.39, 0.29) is 36.6 Å². The highest BCUT2D eigenvalue weighted by Gasteiger charge is 2.35. The summed E-state index contributed by atoms with van der Waals surface area (Å²) in [5.74, 6) is 0.508. The summed E-state index contributed by atoms with van der Waals surface area (Å²) < 4.78 is 82.4. The first-order valence-electron chi connectivity index (χ1n) is 9.61. The molecule has 3 rings (SSSR count). The Hall–Kier alpha value is -1.28. The maximum Gasteiger partial charge on any atom is 0.416 e. The Kier molecular flexibility index (Phi) is 8.85. The monoisotopic (exact) mass is 566 g/mol. The fourth-order valence-electron chi connectivity index (χ4n) is 3.79. The van der Waals surface area contributed by atoms with E-state index in [1.807, 2.05) is 4.90 Å². The van der Waals surface area contributed by atoms with E-state index in [2.05, 4.69) is 10.3 Å². The zero-order valence-electron chi connectivity index (χ0n) is 16.8. The summed E-state index contributed by atoms with van der Waals surface area (Å²) in [4.78, 5) is 7.42. The van der Waals surface area contributed by atoms with Crippen molar-refractivity contribution in [2.24, 2.45) is 4.99 Å². The minimum absolute atomic E-state index is 0. The van der Waals surface area contributed by atoms with E-state index < -0.39 is 30.6 Å². The predicted molar refractivity (Wildman–Crippen MR) is 115 cm³/mol. The predicted octanol–water partition coefficient (Wildman–Crippen LogP) is 3.91. The van der Waals surface area contributed by atoms with Crippen molar-refractivity contribution in [3.05, 3.63) is 35.4 Å². The molecule has 2 unspecified atom stereocenters. The van der Waals surface area contributed by atoms with E-state index in [4.69, 9.17) is 4.74 Å². The molecule has 0 amide bonds. The second-order valence-electron chi connectivity index (χ2n) is 7.46. The number of likely N-dealkylation sites (tertiary alicyclic amines) is 1. The number of hydrogen-bond acceptors (Lipinski definition) is 3.